The number of thiophene rings is 1. The molecule has 0 saturated carbocycles. The molecule has 0 unspecified atom stereocenters. The highest BCUT2D eigenvalue weighted by atomic mass is 32.1. The quantitative estimate of drug-likeness (QED) is 0.694. The highest BCUT2D eigenvalue weighted by Gasteiger charge is 2.36. The van der Waals surface area contributed by atoms with Crippen LogP contribution < -0.4 is 5.32 Å². The van der Waals surface area contributed by atoms with E-state index in [2.05, 4.69) is 19.2 Å². The summed E-state index contributed by atoms with van der Waals surface area (Å²) in [4.78, 5) is 39.3. The van der Waals surface area contributed by atoms with E-state index in [0.717, 1.165) is 12.8 Å². The van der Waals surface area contributed by atoms with Gasteiger partial charge in [-0.1, -0.05) is 32.0 Å². The van der Waals surface area contributed by atoms with Crippen molar-refractivity contribution in [3.05, 3.63) is 52.2 Å². The standard InChI is InChI=1S/C22H26N2O4S/c1-3-15(2)16-8-10-17(11-9-16)23-20(25)14-28-22(27)18-6-4-12-24(18)21(26)19-7-5-13-29-19/h5,7-11,13,15,18H,3-4,6,12,14H2,1-2H3,(H,23,25)/t15-,18-/m0/s1. The first kappa shape index (κ1) is 21.0. The molecule has 0 spiro atoms. The van der Waals surface area contributed by atoms with Crippen LogP contribution in [0.25, 0.3) is 0 Å². The Morgan fingerprint density at radius 2 is 2.00 bits per heavy atom. The Kier molecular flexibility index (Phi) is 7.04. The molecule has 2 atom stereocenters. The van der Waals surface area contributed by atoms with E-state index in [1.807, 2.05) is 29.6 Å². The van der Waals surface area contributed by atoms with Crippen LogP contribution in [0.15, 0.2) is 41.8 Å². The Balaban J connectivity index is 1.50. The van der Waals surface area contributed by atoms with E-state index in [9.17, 15) is 14.4 Å². The number of anilines is 1. The average Bonchev–Trinajstić information content (AvgIpc) is 3.43. The third kappa shape index (κ3) is 5.23. The van der Waals surface area contributed by atoms with E-state index in [1.165, 1.54) is 16.9 Å². The van der Waals surface area contributed by atoms with Crippen molar-refractivity contribution in [1.82, 2.24) is 4.90 Å². The molecular weight excluding hydrogens is 388 g/mol. The lowest BCUT2D eigenvalue weighted by molar-refractivity contribution is -0.151. The highest BCUT2D eigenvalue weighted by Crippen LogP contribution is 2.23. The summed E-state index contributed by atoms with van der Waals surface area (Å²) in [5.74, 6) is -0.629. The minimum Gasteiger partial charge on any atom is -0.454 e. The van der Waals surface area contributed by atoms with Gasteiger partial charge in [-0.2, -0.15) is 0 Å². The molecule has 154 valence electrons. The fraction of sp³-hybridized carbons (Fsp3) is 0.409. The molecule has 1 fully saturated rings. The van der Waals surface area contributed by atoms with Crippen molar-refractivity contribution in [2.75, 3.05) is 18.5 Å². The van der Waals surface area contributed by atoms with Crippen molar-refractivity contribution < 1.29 is 19.1 Å². The largest absolute Gasteiger partial charge is 0.454 e. The maximum absolute atomic E-state index is 12.5. The molecule has 1 aromatic carbocycles. The number of amides is 2. The first-order valence-corrected chi connectivity index (χ1v) is 10.8. The number of carbonyl (C=O) groups excluding carboxylic acids is 3. The lowest BCUT2D eigenvalue weighted by atomic mass is 9.99. The molecule has 7 heteroatoms. The number of nitrogens with zero attached hydrogens (tertiary/aromatic N) is 1. The molecular formula is C22H26N2O4S. The fourth-order valence-corrected chi connectivity index (χ4v) is 4.04. The Labute approximate surface area is 174 Å². The average molecular weight is 415 g/mol. The molecule has 1 aromatic heterocycles. The molecule has 2 heterocycles. The third-order valence-electron chi connectivity index (χ3n) is 5.24. The number of esters is 1. The first-order chi connectivity index (χ1) is 14.0. The van der Waals surface area contributed by atoms with Crippen LogP contribution in [0.3, 0.4) is 0 Å². The lowest BCUT2D eigenvalue weighted by Gasteiger charge is -2.22. The number of rotatable bonds is 7. The SMILES string of the molecule is CC[C@H](C)c1ccc(NC(=O)COC(=O)[C@@H]2CCCN2C(=O)c2cccs2)cc1. The molecule has 6 nitrogen and oxygen atoms in total. The zero-order valence-electron chi connectivity index (χ0n) is 16.7. The maximum atomic E-state index is 12.5. The van der Waals surface area contributed by atoms with Crippen LogP contribution >= 0.6 is 11.3 Å². The van der Waals surface area contributed by atoms with Crippen LogP contribution in [-0.4, -0.2) is 41.9 Å². The minimum absolute atomic E-state index is 0.162. The van der Waals surface area contributed by atoms with Crippen LogP contribution in [-0.2, 0) is 14.3 Å². The van der Waals surface area contributed by atoms with Crippen molar-refractivity contribution in [2.24, 2.45) is 0 Å². The van der Waals surface area contributed by atoms with Gasteiger partial charge < -0.3 is 15.0 Å². The summed E-state index contributed by atoms with van der Waals surface area (Å²) in [6.07, 6.45) is 2.34. The fourth-order valence-electron chi connectivity index (χ4n) is 3.36. The summed E-state index contributed by atoms with van der Waals surface area (Å²) in [7, 11) is 0. The summed E-state index contributed by atoms with van der Waals surface area (Å²) in [5.41, 5.74) is 1.88. The molecule has 29 heavy (non-hydrogen) atoms. The maximum Gasteiger partial charge on any atom is 0.329 e. The second-order valence-corrected chi connectivity index (χ2v) is 8.17. The van der Waals surface area contributed by atoms with Crippen molar-refractivity contribution in [2.45, 2.75) is 45.1 Å². The molecule has 2 amide bonds. The van der Waals surface area contributed by atoms with Gasteiger partial charge in [0, 0.05) is 12.2 Å². The molecule has 3 rings (SSSR count). The van der Waals surface area contributed by atoms with E-state index >= 15 is 0 Å². The van der Waals surface area contributed by atoms with Gasteiger partial charge in [-0.15, -0.1) is 11.3 Å². The van der Waals surface area contributed by atoms with Crippen LogP contribution in [0.4, 0.5) is 5.69 Å². The van der Waals surface area contributed by atoms with Gasteiger partial charge in [0.2, 0.25) is 0 Å². The van der Waals surface area contributed by atoms with Gasteiger partial charge in [0.15, 0.2) is 6.61 Å². The zero-order valence-corrected chi connectivity index (χ0v) is 17.5. The molecule has 1 N–H and O–H groups in total. The monoisotopic (exact) mass is 414 g/mol. The molecule has 2 aromatic rings. The van der Waals surface area contributed by atoms with Crippen LogP contribution in [0, 0.1) is 0 Å². The van der Waals surface area contributed by atoms with Crippen molar-refractivity contribution in [1.29, 1.82) is 0 Å². The predicted molar refractivity (Wildman–Crippen MR) is 113 cm³/mol. The topological polar surface area (TPSA) is 75.7 Å². The van der Waals surface area contributed by atoms with E-state index in [0.29, 0.717) is 29.4 Å². The summed E-state index contributed by atoms with van der Waals surface area (Å²) in [6.45, 7) is 4.44. The summed E-state index contributed by atoms with van der Waals surface area (Å²) < 4.78 is 5.20. The highest BCUT2D eigenvalue weighted by molar-refractivity contribution is 7.12. The normalized spacial score (nSPS) is 17.0. The van der Waals surface area contributed by atoms with Crippen LogP contribution in [0.5, 0.6) is 0 Å². The van der Waals surface area contributed by atoms with Crippen molar-refractivity contribution >= 4 is 34.8 Å². The van der Waals surface area contributed by atoms with E-state index in [-0.39, 0.29) is 12.5 Å². The van der Waals surface area contributed by atoms with Crippen molar-refractivity contribution in [3.8, 4) is 0 Å². The van der Waals surface area contributed by atoms with Gasteiger partial charge in [-0.05, 0) is 54.3 Å². The van der Waals surface area contributed by atoms with Crippen LogP contribution in [0.1, 0.15) is 54.3 Å². The lowest BCUT2D eigenvalue weighted by Crippen LogP contribution is -2.41. The van der Waals surface area contributed by atoms with Crippen LogP contribution in [0.2, 0.25) is 0 Å². The summed E-state index contributed by atoms with van der Waals surface area (Å²) >= 11 is 1.35. The van der Waals surface area contributed by atoms with Gasteiger partial charge in [0.1, 0.15) is 6.04 Å². The van der Waals surface area contributed by atoms with Gasteiger partial charge in [0.25, 0.3) is 11.8 Å². The van der Waals surface area contributed by atoms with E-state index in [1.54, 1.807) is 17.0 Å². The molecule has 1 aliphatic rings. The van der Waals surface area contributed by atoms with E-state index < -0.39 is 17.9 Å². The smallest absolute Gasteiger partial charge is 0.329 e. The number of hydrogen-bond donors (Lipinski definition) is 1. The Bertz CT molecular complexity index is 848. The second-order valence-electron chi connectivity index (χ2n) is 7.22. The molecule has 0 radical (unpaired) electrons. The van der Waals surface area contributed by atoms with Gasteiger partial charge in [0.05, 0.1) is 4.88 Å². The molecule has 1 aliphatic heterocycles. The van der Waals surface area contributed by atoms with Gasteiger partial charge in [-0.25, -0.2) is 4.79 Å². The minimum atomic E-state index is -0.632. The predicted octanol–water partition coefficient (Wildman–Crippen LogP) is 4.05. The number of ether oxygens (including phenoxy) is 1. The Hall–Kier alpha value is -2.67. The second kappa shape index (κ2) is 9.69. The summed E-state index contributed by atoms with van der Waals surface area (Å²) in [5, 5.41) is 4.56. The van der Waals surface area contributed by atoms with Gasteiger partial charge >= 0.3 is 5.97 Å². The summed E-state index contributed by atoms with van der Waals surface area (Å²) in [6, 6.07) is 10.6. The molecule has 0 aliphatic carbocycles. The van der Waals surface area contributed by atoms with E-state index in [4.69, 9.17) is 4.74 Å². The first-order valence-electron chi connectivity index (χ1n) is 9.90. The van der Waals surface area contributed by atoms with Gasteiger partial charge in [-0.3, -0.25) is 9.59 Å². The number of nitrogens with one attached hydrogen (secondary N) is 1. The Morgan fingerprint density at radius 1 is 1.24 bits per heavy atom. The number of benzene rings is 1. The number of carbonyl (C=O) groups is 3. The number of hydrogen-bond acceptors (Lipinski definition) is 5. The molecule has 1 saturated heterocycles. The number of likely N-dealkylation sites (tertiary alicyclic amines) is 1. The molecule has 0 bridgehead atoms. The third-order valence-corrected chi connectivity index (χ3v) is 6.10. The Morgan fingerprint density at radius 3 is 2.66 bits per heavy atom. The zero-order chi connectivity index (χ0) is 20.8. The van der Waals surface area contributed by atoms with Crippen molar-refractivity contribution in [3.63, 3.8) is 0 Å².